The Kier molecular flexibility index (Phi) is 4.47. The lowest BCUT2D eigenvalue weighted by Gasteiger charge is -2.27. The normalized spacial score (nSPS) is 15.9. The topological polar surface area (TPSA) is 79.3 Å². The van der Waals surface area contributed by atoms with E-state index < -0.39 is 5.92 Å². The molecule has 4 rings (SSSR count). The molecule has 1 aromatic rings. The number of hydrogen-bond donors (Lipinski definition) is 2. The third kappa shape index (κ3) is 3.00. The molecule has 0 radical (unpaired) electrons. The molecule has 0 saturated carbocycles. The number of fused-ring (bicyclic) bond motifs is 2. The van der Waals surface area contributed by atoms with Gasteiger partial charge in [0.05, 0.1) is 5.92 Å². The van der Waals surface area contributed by atoms with E-state index in [0.29, 0.717) is 17.2 Å². The molecule has 29 heavy (non-hydrogen) atoms. The number of ether oxygens (including phenoxy) is 1. The average Bonchev–Trinajstić information content (AvgIpc) is 2.87. The van der Waals surface area contributed by atoms with Gasteiger partial charge in [-0.25, -0.2) is 0 Å². The standard InChI is InChI=1S/C25H24N2O2/c1-13(2)16-6-5-14(3)23-18(10-16)15(4)9-20(23)24-19-11-17(28)7-8-22(19)29-25(27)21(24)12-26/h5-11,13,24,28H,27H2,1-4H3. The number of aromatic hydroxyl groups is 1. The van der Waals surface area contributed by atoms with E-state index in [1.165, 1.54) is 11.1 Å². The molecule has 3 N–H and O–H groups in total. The summed E-state index contributed by atoms with van der Waals surface area (Å²) in [4.78, 5) is 0. The first kappa shape index (κ1) is 18.9. The highest BCUT2D eigenvalue weighted by molar-refractivity contribution is 5.81. The van der Waals surface area contributed by atoms with Crippen molar-refractivity contribution < 1.29 is 9.84 Å². The zero-order chi connectivity index (χ0) is 20.9. The molecular formula is C25H24N2O2. The molecule has 146 valence electrons. The molecule has 0 amide bonds. The highest BCUT2D eigenvalue weighted by Crippen LogP contribution is 2.49. The van der Waals surface area contributed by atoms with Crippen LogP contribution in [0.2, 0.25) is 0 Å². The Morgan fingerprint density at radius 3 is 2.48 bits per heavy atom. The number of nitrogens with zero attached hydrogens (tertiary/aromatic N) is 1. The lowest BCUT2D eigenvalue weighted by atomic mass is 9.82. The van der Waals surface area contributed by atoms with Crippen molar-refractivity contribution in [1.29, 1.82) is 5.26 Å². The van der Waals surface area contributed by atoms with Gasteiger partial charge < -0.3 is 15.6 Å². The van der Waals surface area contributed by atoms with Gasteiger partial charge in [0.1, 0.15) is 23.1 Å². The molecule has 0 aromatic heterocycles. The number of allylic oxidation sites excluding steroid dienone is 1. The first-order valence-corrected chi connectivity index (χ1v) is 9.76. The summed E-state index contributed by atoms with van der Waals surface area (Å²) in [5.74, 6) is 0.831. The Morgan fingerprint density at radius 2 is 1.79 bits per heavy atom. The zero-order valence-electron chi connectivity index (χ0n) is 17.1. The van der Waals surface area contributed by atoms with Crippen molar-refractivity contribution in [2.45, 2.75) is 39.5 Å². The van der Waals surface area contributed by atoms with Gasteiger partial charge >= 0.3 is 0 Å². The molecule has 0 spiro atoms. The lowest BCUT2D eigenvalue weighted by molar-refractivity contribution is 0.391. The van der Waals surface area contributed by atoms with Crippen LogP contribution in [0.25, 0.3) is 11.1 Å². The molecule has 1 heterocycles. The van der Waals surface area contributed by atoms with Gasteiger partial charge in [-0.05, 0) is 71.3 Å². The molecule has 1 aromatic carbocycles. The van der Waals surface area contributed by atoms with Crippen LogP contribution in [0.5, 0.6) is 11.5 Å². The van der Waals surface area contributed by atoms with Crippen LogP contribution in [0.15, 0.2) is 53.9 Å². The Balaban J connectivity index is 2.03. The molecule has 0 saturated heterocycles. The van der Waals surface area contributed by atoms with Gasteiger partial charge in [-0.15, -0.1) is 0 Å². The van der Waals surface area contributed by atoms with Crippen LogP contribution in [0.3, 0.4) is 0 Å². The van der Waals surface area contributed by atoms with E-state index in [-0.39, 0.29) is 11.6 Å². The number of nitrogens with two attached hydrogens (primary N) is 1. The summed E-state index contributed by atoms with van der Waals surface area (Å²) in [5, 5.41) is 20.0. The van der Waals surface area contributed by atoms with E-state index in [0.717, 1.165) is 27.8 Å². The second-order valence-corrected chi connectivity index (χ2v) is 8.03. The monoisotopic (exact) mass is 384 g/mol. The molecule has 2 aliphatic carbocycles. The maximum Gasteiger partial charge on any atom is 0.205 e. The Labute approximate surface area is 171 Å². The predicted octanol–water partition coefficient (Wildman–Crippen LogP) is 5.46. The van der Waals surface area contributed by atoms with E-state index in [9.17, 15) is 10.4 Å². The van der Waals surface area contributed by atoms with Gasteiger partial charge in [0, 0.05) is 5.56 Å². The van der Waals surface area contributed by atoms with Gasteiger partial charge in [-0.3, -0.25) is 0 Å². The molecule has 1 unspecified atom stereocenters. The average molecular weight is 384 g/mol. The number of aryl methyl sites for hydroxylation is 2. The van der Waals surface area contributed by atoms with Crippen molar-refractivity contribution in [3.05, 3.63) is 81.7 Å². The summed E-state index contributed by atoms with van der Waals surface area (Å²) in [6, 6.07) is 15.9. The number of rotatable bonds is 2. The summed E-state index contributed by atoms with van der Waals surface area (Å²) >= 11 is 0. The second kappa shape index (κ2) is 6.86. The smallest absolute Gasteiger partial charge is 0.205 e. The van der Waals surface area contributed by atoms with Crippen LogP contribution in [0, 0.1) is 25.2 Å². The van der Waals surface area contributed by atoms with Crippen LogP contribution < -0.4 is 10.5 Å². The van der Waals surface area contributed by atoms with Crippen molar-refractivity contribution in [3.8, 4) is 28.7 Å². The highest BCUT2D eigenvalue weighted by atomic mass is 16.5. The number of phenols is 1. The molecule has 0 bridgehead atoms. The third-order valence-corrected chi connectivity index (χ3v) is 5.76. The van der Waals surface area contributed by atoms with Gasteiger partial charge in [0.15, 0.2) is 0 Å². The minimum absolute atomic E-state index is 0.114. The number of nitriles is 1. The van der Waals surface area contributed by atoms with Crippen molar-refractivity contribution in [1.82, 2.24) is 0 Å². The molecule has 4 heteroatoms. The molecule has 0 fully saturated rings. The molecular weight excluding hydrogens is 360 g/mol. The van der Waals surface area contributed by atoms with E-state index in [1.54, 1.807) is 18.2 Å². The Hall–Kier alpha value is -3.45. The Morgan fingerprint density at radius 1 is 1.03 bits per heavy atom. The van der Waals surface area contributed by atoms with Crippen molar-refractivity contribution >= 4 is 0 Å². The fraction of sp³-hybridized carbons (Fsp3) is 0.240. The number of benzene rings is 1. The van der Waals surface area contributed by atoms with Gasteiger partial charge in [-0.1, -0.05) is 38.1 Å². The summed E-state index contributed by atoms with van der Waals surface area (Å²) < 4.78 is 5.68. The minimum atomic E-state index is -0.393. The number of phenolic OH excluding ortho intramolecular Hbond substituents is 1. The van der Waals surface area contributed by atoms with E-state index in [4.69, 9.17) is 10.5 Å². The van der Waals surface area contributed by atoms with Gasteiger partial charge in [0.2, 0.25) is 5.88 Å². The number of hydrogen-bond acceptors (Lipinski definition) is 4. The lowest BCUT2D eigenvalue weighted by Crippen LogP contribution is -2.21. The van der Waals surface area contributed by atoms with Crippen molar-refractivity contribution in [2.24, 2.45) is 5.73 Å². The zero-order valence-corrected chi connectivity index (χ0v) is 17.1. The van der Waals surface area contributed by atoms with Crippen LogP contribution in [-0.4, -0.2) is 5.11 Å². The van der Waals surface area contributed by atoms with Crippen LogP contribution in [0.1, 0.15) is 53.5 Å². The summed E-state index contributed by atoms with van der Waals surface area (Å²) in [6.45, 7) is 8.56. The van der Waals surface area contributed by atoms with E-state index in [2.05, 4.69) is 58.0 Å². The maximum atomic E-state index is 10.1. The first-order chi connectivity index (χ1) is 13.8. The molecule has 1 aliphatic heterocycles. The summed E-state index contributed by atoms with van der Waals surface area (Å²) in [6.07, 6.45) is 0. The molecule has 4 nitrogen and oxygen atoms in total. The Bertz CT molecular complexity index is 1170. The second-order valence-electron chi connectivity index (χ2n) is 8.03. The fourth-order valence-corrected chi connectivity index (χ4v) is 4.24. The van der Waals surface area contributed by atoms with Crippen molar-refractivity contribution in [3.63, 3.8) is 0 Å². The quantitative estimate of drug-likeness (QED) is 0.615. The predicted molar refractivity (Wildman–Crippen MR) is 114 cm³/mol. The van der Waals surface area contributed by atoms with Crippen LogP contribution in [0.4, 0.5) is 0 Å². The highest BCUT2D eigenvalue weighted by Gasteiger charge is 2.34. The van der Waals surface area contributed by atoms with Gasteiger partial charge in [-0.2, -0.15) is 5.26 Å². The SMILES string of the molecule is Cc1cc(C2C(C#N)=C(N)Oc3ccc(O)cc32)c2c(C)ccc(C(C)C)cc1-2. The van der Waals surface area contributed by atoms with Crippen molar-refractivity contribution in [2.75, 3.05) is 0 Å². The first-order valence-electron chi connectivity index (χ1n) is 9.76. The largest absolute Gasteiger partial charge is 0.508 e. The third-order valence-electron chi connectivity index (χ3n) is 5.76. The van der Waals surface area contributed by atoms with Crippen LogP contribution >= 0.6 is 0 Å². The maximum absolute atomic E-state index is 10.1. The summed E-state index contributed by atoms with van der Waals surface area (Å²) in [5.41, 5.74) is 14.1. The van der Waals surface area contributed by atoms with Gasteiger partial charge in [0.25, 0.3) is 0 Å². The fourth-order valence-electron chi connectivity index (χ4n) is 4.24. The van der Waals surface area contributed by atoms with E-state index >= 15 is 0 Å². The summed E-state index contributed by atoms with van der Waals surface area (Å²) in [7, 11) is 0. The van der Waals surface area contributed by atoms with E-state index in [1.807, 2.05) is 0 Å². The molecule has 3 aliphatic rings. The van der Waals surface area contributed by atoms with Crippen LogP contribution in [-0.2, 0) is 0 Å². The minimum Gasteiger partial charge on any atom is -0.508 e. The molecule has 1 atom stereocenters.